The standard InChI is InChI=1S/C12H17BrOS/c1-8(7-15)6-14-11-4-9(2)12(13)10(3)5-11/h4-5,8,15H,6-7H2,1-3H3. The van der Waals surface area contributed by atoms with E-state index in [1.54, 1.807) is 0 Å². The predicted octanol–water partition coefficient (Wildman–Crippen LogP) is 4.01. The lowest BCUT2D eigenvalue weighted by molar-refractivity contribution is 0.273. The van der Waals surface area contributed by atoms with Gasteiger partial charge in [0.25, 0.3) is 0 Å². The molecule has 1 rings (SSSR count). The van der Waals surface area contributed by atoms with E-state index in [9.17, 15) is 0 Å². The lowest BCUT2D eigenvalue weighted by Gasteiger charge is -2.12. The first kappa shape index (κ1) is 12.9. The van der Waals surface area contributed by atoms with Gasteiger partial charge < -0.3 is 4.74 Å². The smallest absolute Gasteiger partial charge is 0.119 e. The van der Waals surface area contributed by atoms with Crippen LogP contribution in [0.4, 0.5) is 0 Å². The largest absolute Gasteiger partial charge is 0.493 e. The fourth-order valence-corrected chi connectivity index (χ4v) is 1.62. The molecular weight excluding hydrogens is 272 g/mol. The highest BCUT2D eigenvalue weighted by Gasteiger charge is 2.05. The summed E-state index contributed by atoms with van der Waals surface area (Å²) in [6, 6.07) is 4.12. The quantitative estimate of drug-likeness (QED) is 0.824. The normalized spacial score (nSPS) is 12.6. The third-order valence-electron chi connectivity index (χ3n) is 2.26. The summed E-state index contributed by atoms with van der Waals surface area (Å²) in [6.07, 6.45) is 0. The highest BCUT2D eigenvalue weighted by molar-refractivity contribution is 9.10. The van der Waals surface area contributed by atoms with Crippen molar-refractivity contribution in [1.29, 1.82) is 0 Å². The van der Waals surface area contributed by atoms with Crippen LogP contribution in [0.3, 0.4) is 0 Å². The van der Waals surface area contributed by atoms with Gasteiger partial charge in [0.05, 0.1) is 6.61 Å². The molecule has 0 amide bonds. The van der Waals surface area contributed by atoms with Crippen molar-refractivity contribution in [3.63, 3.8) is 0 Å². The van der Waals surface area contributed by atoms with E-state index in [1.165, 1.54) is 11.1 Å². The average Bonchev–Trinajstić information content (AvgIpc) is 2.22. The number of benzene rings is 1. The maximum Gasteiger partial charge on any atom is 0.119 e. The Morgan fingerprint density at radius 2 is 1.87 bits per heavy atom. The van der Waals surface area contributed by atoms with Crippen LogP contribution >= 0.6 is 28.6 Å². The molecule has 1 atom stereocenters. The summed E-state index contributed by atoms with van der Waals surface area (Å²) in [4.78, 5) is 0. The molecule has 1 aromatic rings. The SMILES string of the molecule is Cc1cc(OCC(C)CS)cc(C)c1Br. The molecule has 15 heavy (non-hydrogen) atoms. The second-order valence-corrected chi connectivity index (χ2v) is 5.13. The molecule has 0 aromatic heterocycles. The van der Waals surface area contributed by atoms with Gasteiger partial charge in [-0.25, -0.2) is 0 Å². The predicted molar refractivity (Wildman–Crippen MR) is 72.1 cm³/mol. The maximum atomic E-state index is 5.71. The molecule has 0 aliphatic heterocycles. The highest BCUT2D eigenvalue weighted by Crippen LogP contribution is 2.26. The van der Waals surface area contributed by atoms with Crippen molar-refractivity contribution in [2.24, 2.45) is 5.92 Å². The lowest BCUT2D eigenvalue weighted by atomic mass is 10.1. The number of rotatable bonds is 4. The van der Waals surface area contributed by atoms with Gasteiger partial charge in [0.1, 0.15) is 5.75 Å². The number of thiol groups is 1. The first-order valence-electron chi connectivity index (χ1n) is 5.05. The van der Waals surface area contributed by atoms with E-state index in [2.05, 4.69) is 61.5 Å². The van der Waals surface area contributed by atoms with Crippen LogP contribution in [0.25, 0.3) is 0 Å². The molecule has 0 spiro atoms. The van der Waals surface area contributed by atoms with Gasteiger partial charge in [0, 0.05) is 4.47 Å². The summed E-state index contributed by atoms with van der Waals surface area (Å²) >= 11 is 7.77. The number of aryl methyl sites for hydroxylation is 2. The zero-order valence-corrected chi connectivity index (χ0v) is 11.9. The Morgan fingerprint density at radius 3 is 2.33 bits per heavy atom. The fourth-order valence-electron chi connectivity index (χ4n) is 1.28. The highest BCUT2D eigenvalue weighted by atomic mass is 79.9. The van der Waals surface area contributed by atoms with Gasteiger partial charge >= 0.3 is 0 Å². The van der Waals surface area contributed by atoms with Crippen molar-refractivity contribution in [3.05, 3.63) is 27.7 Å². The van der Waals surface area contributed by atoms with Crippen molar-refractivity contribution in [3.8, 4) is 5.75 Å². The zero-order chi connectivity index (χ0) is 11.4. The Balaban J connectivity index is 2.70. The van der Waals surface area contributed by atoms with Crippen molar-refractivity contribution in [1.82, 2.24) is 0 Å². The minimum atomic E-state index is 0.484. The van der Waals surface area contributed by atoms with Gasteiger partial charge in [-0.05, 0) is 48.8 Å². The summed E-state index contributed by atoms with van der Waals surface area (Å²) in [5.74, 6) is 2.29. The summed E-state index contributed by atoms with van der Waals surface area (Å²) in [7, 11) is 0. The fraction of sp³-hybridized carbons (Fsp3) is 0.500. The maximum absolute atomic E-state index is 5.71. The topological polar surface area (TPSA) is 9.23 Å². The number of halogens is 1. The summed E-state index contributed by atoms with van der Waals surface area (Å²) in [5.41, 5.74) is 2.42. The van der Waals surface area contributed by atoms with Crippen LogP contribution in [0.15, 0.2) is 16.6 Å². The molecule has 0 saturated heterocycles. The first-order valence-corrected chi connectivity index (χ1v) is 6.47. The van der Waals surface area contributed by atoms with Crippen LogP contribution < -0.4 is 4.74 Å². The molecule has 0 saturated carbocycles. The minimum Gasteiger partial charge on any atom is -0.493 e. The van der Waals surface area contributed by atoms with E-state index in [-0.39, 0.29) is 0 Å². The van der Waals surface area contributed by atoms with Gasteiger partial charge in [-0.2, -0.15) is 12.6 Å². The molecular formula is C12H17BrOS. The molecule has 1 aromatic carbocycles. The van der Waals surface area contributed by atoms with Crippen molar-refractivity contribution in [2.75, 3.05) is 12.4 Å². The van der Waals surface area contributed by atoms with Crippen molar-refractivity contribution < 1.29 is 4.74 Å². The zero-order valence-electron chi connectivity index (χ0n) is 9.38. The second kappa shape index (κ2) is 5.80. The molecule has 3 heteroatoms. The first-order chi connectivity index (χ1) is 7.04. The Hall–Kier alpha value is -0.150. The minimum absolute atomic E-state index is 0.484. The summed E-state index contributed by atoms with van der Waals surface area (Å²) in [5, 5.41) is 0. The molecule has 0 aliphatic rings. The summed E-state index contributed by atoms with van der Waals surface area (Å²) < 4.78 is 6.87. The molecule has 1 nitrogen and oxygen atoms in total. The molecule has 0 heterocycles. The third-order valence-corrected chi connectivity index (χ3v) is 4.13. The van der Waals surface area contributed by atoms with E-state index >= 15 is 0 Å². The Labute approximate surface area is 106 Å². The van der Waals surface area contributed by atoms with E-state index in [0.29, 0.717) is 5.92 Å². The third kappa shape index (κ3) is 3.72. The molecule has 84 valence electrons. The lowest BCUT2D eigenvalue weighted by Crippen LogP contribution is -2.09. The van der Waals surface area contributed by atoms with E-state index in [4.69, 9.17) is 4.74 Å². The van der Waals surface area contributed by atoms with Gasteiger partial charge in [-0.3, -0.25) is 0 Å². The van der Waals surface area contributed by atoms with E-state index in [0.717, 1.165) is 22.6 Å². The molecule has 0 aliphatic carbocycles. The Kier molecular flexibility index (Phi) is 5.00. The molecule has 0 fully saturated rings. The Bertz CT molecular complexity index is 315. The van der Waals surface area contributed by atoms with Crippen molar-refractivity contribution >= 4 is 28.6 Å². The van der Waals surface area contributed by atoms with Gasteiger partial charge in [0.2, 0.25) is 0 Å². The summed E-state index contributed by atoms with van der Waals surface area (Å²) in [6.45, 7) is 7.01. The molecule has 0 bridgehead atoms. The number of ether oxygens (including phenoxy) is 1. The van der Waals surface area contributed by atoms with Crippen molar-refractivity contribution in [2.45, 2.75) is 20.8 Å². The molecule has 0 N–H and O–H groups in total. The average molecular weight is 289 g/mol. The van der Waals surface area contributed by atoms with Crippen LogP contribution in [0.2, 0.25) is 0 Å². The second-order valence-electron chi connectivity index (χ2n) is 3.97. The van der Waals surface area contributed by atoms with Crippen LogP contribution in [0.5, 0.6) is 5.75 Å². The number of hydrogen-bond donors (Lipinski definition) is 1. The van der Waals surface area contributed by atoms with Gasteiger partial charge in [-0.15, -0.1) is 0 Å². The van der Waals surface area contributed by atoms with Crippen LogP contribution in [0, 0.1) is 19.8 Å². The number of hydrogen-bond acceptors (Lipinski definition) is 2. The van der Waals surface area contributed by atoms with Gasteiger partial charge in [-0.1, -0.05) is 22.9 Å². The monoisotopic (exact) mass is 288 g/mol. The van der Waals surface area contributed by atoms with Crippen LogP contribution in [-0.2, 0) is 0 Å². The van der Waals surface area contributed by atoms with E-state index < -0.39 is 0 Å². The van der Waals surface area contributed by atoms with Crippen LogP contribution in [0.1, 0.15) is 18.1 Å². The molecule has 0 radical (unpaired) electrons. The van der Waals surface area contributed by atoms with Gasteiger partial charge in [0.15, 0.2) is 0 Å². The Morgan fingerprint density at radius 1 is 1.33 bits per heavy atom. The van der Waals surface area contributed by atoms with E-state index in [1.807, 2.05) is 0 Å². The van der Waals surface area contributed by atoms with Crippen LogP contribution in [-0.4, -0.2) is 12.4 Å². The molecule has 1 unspecified atom stereocenters.